The van der Waals surface area contributed by atoms with Crippen molar-refractivity contribution in [3.63, 3.8) is 0 Å². The molecule has 3 N–H and O–H groups in total. The Bertz CT molecular complexity index is 521. The fraction of sp³-hybridized carbons (Fsp3) is 0.643. The predicted octanol–water partition coefficient (Wildman–Crippen LogP) is 1.59. The van der Waals surface area contributed by atoms with Gasteiger partial charge in [0.15, 0.2) is 5.13 Å². The van der Waals surface area contributed by atoms with Crippen LogP contribution in [0.1, 0.15) is 40.5 Å². The van der Waals surface area contributed by atoms with Gasteiger partial charge in [-0.2, -0.15) is 0 Å². The van der Waals surface area contributed by atoms with Gasteiger partial charge in [0, 0.05) is 28.7 Å². The quantitative estimate of drug-likeness (QED) is 0.771. The van der Waals surface area contributed by atoms with Crippen molar-refractivity contribution in [1.82, 2.24) is 9.88 Å². The lowest BCUT2D eigenvalue weighted by Gasteiger charge is -2.54. The second-order valence-corrected chi connectivity index (χ2v) is 7.62. The number of carbonyl (C=O) groups excluding carboxylic acids is 2. The van der Waals surface area contributed by atoms with Gasteiger partial charge in [0.1, 0.15) is 0 Å². The van der Waals surface area contributed by atoms with Gasteiger partial charge in [-0.1, -0.05) is 0 Å². The van der Waals surface area contributed by atoms with Crippen LogP contribution in [0.3, 0.4) is 0 Å². The number of hydrogen-bond acceptors (Lipinski definition) is 5. The number of carbonyl (C=O) groups is 2. The molecule has 1 fully saturated rings. The number of nitrogens with zero attached hydrogens (tertiary/aromatic N) is 2. The second kappa shape index (κ2) is 5.38. The third kappa shape index (κ3) is 3.24. The largest absolute Gasteiger partial charge is 0.328 e. The molecule has 0 saturated carbocycles. The predicted molar refractivity (Wildman–Crippen MR) is 83.0 cm³/mol. The number of nitrogens with two attached hydrogens (primary N) is 1. The van der Waals surface area contributed by atoms with Crippen LogP contribution in [0, 0.1) is 0 Å². The number of thiazole rings is 1. The number of rotatable bonds is 1. The molecule has 21 heavy (non-hydrogen) atoms. The van der Waals surface area contributed by atoms with Crippen molar-refractivity contribution in [2.75, 3.05) is 5.32 Å². The molecule has 0 atom stereocenters. The normalized spacial score (nSPS) is 21.1. The van der Waals surface area contributed by atoms with Gasteiger partial charge in [0.05, 0.1) is 0 Å². The molecule has 1 aromatic heterocycles. The number of amides is 2. The first-order valence-corrected chi connectivity index (χ1v) is 7.82. The molecule has 6 nitrogen and oxygen atoms in total. The second-order valence-electron chi connectivity index (χ2n) is 6.73. The molecule has 0 aliphatic carbocycles. The first-order valence-electron chi connectivity index (χ1n) is 6.94. The molecule has 0 radical (unpaired) electrons. The molecule has 2 heterocycles. The minimum atomic E-state index is -0.651. The van der Waals surface area contributed by atoms with Crippen molar-refractivity contribution < 1.29 is 9.59 Å². The molecule has 1 saturated heterocycles. The Morgan fingerprint density at radius 3 is 2.38 bits per heavy atom. The molecular weight excluding hydrogens is 288 g/mol. The Morgan fingerprint density at radius 1 is 1.33 bits per heavy atom. The van der Waals surface area contributed by atoms with Gasteiger partial charge in [-0.05, 0) is 40.5 Å². The summed E-state index contributed by atoms with van der Waals surface area (Å²) in [7, 11) is 0. The zero-order valence-electron chi connectivity index (χ0n) is 12.8. The first-order chi connectivity index (χ1) is 9.63. The minimum absolute atomic E-state index is 0.0288. The summed E-state index contributed by atoms with van der Waals surface area (Å²) < 4.78 is 0. The molecule has 1 aliphatic heterocycles. The molecule has 2 rings (SSSR count). The van der Waals surface area contributed by atoms with Gasteiger partial charge in [-0.15, -0.1) is 11.3 Å². The maximum Gasteiger partial charge on any atom is 0.315 e. The number of anilines is 1. The molecule has 116 valence electrons. The van der Waals surface area contributed by atoms with Crippen molar-refractivity contribution in [2.24, 2.45) is 5.73 Å². The molecule has 0 bridgehead atoms. The summed E-state index contributed by atoms with van der Waals surface area (Å²) in [5, 5.41) is 4.72. The van der Waals surface area contributed by atoms with Crippen molar-refractivity contribution in [2.45, 2.75) is 57.7 Å². The average Bonchev–Trinajstić information content (AvgIpc) is 2.77. The van der Waals surface area contributed by atoms with E-state index in [0.29, 0.717) is 18.0 Å². The van der Waals surface area contributed by atoms with E-state index in [2.05, 4.69) is 10.3 Å². The van der Waals surface area contributed by atoms with Crippen LogP contribution in [0.4, 0.5) is 5.13 Å². The van der Waals surface area contributed by atoms with Crippen LogP contribution >= 0.6 is 11.3 Å². The lowest BCUT2D eigenvalue weighted by atomic mass is 9.77. The number of aromatic nitrogens is 1. The van der Waals surface area contributed by atoms with E-state index in [1.165, 1.54) is 11.3 Å². The standard InChI is InChI=1S/C14H22N4O2S/c1-13(2)7-9(15)8-14(3,4)18(13)11(20)10(19)17-12-16-5-6-21-12/h5-6,9H,7-8,15H2,1-4H3,(H,16,17,19). The molecule has 0 spiro atoms. The summed E-state index contributed by atoms with van der Waals surface area (Å²) in [6.07, 6.45) is 2.93. The van der Waals surface area contributed by atoms with Gasteiger partial charge in [-0.3, -0.25) is 14.9 Å². The molecular formula is C14H22N4O2S. The van der Waals surface area contributed by atoms with Gasteiger partial charge >= 0.3 is 11.8 Å². The number of likely N-dealkylation sites (tertiary alicyclic amines) is 1. The molecule has 0 aromatic carbocycles. The maximum absolute atomic E-state index is 12.6. The van der Waals surface area contributed by atoms with E-state index in [1.807, 2.05) is 27.7 Å². The van der Waals surface area contributed by atoms with Crippen LogP contribution in [0.5, 0.6) is 0 Å². The summed E-state index contributed by atoms with van der Waals surface area (Å²) in [6.45, 7) is 7.79. The smallest absolute Gasteiger partial charge is 0.315 e. The Hall–Kier alpha value is -1.47. The summed E-state index contributed by atoms with van der Waals surface area (Å²) in [5.74, 6) is -1.19. The molecule has 2 amide bonds. The third-order valence-corrected chi connectivity index (χ3v) is 4.47. The van der Waals surface area contributed by atoms with Crippen molar-refractivity contribution in [3.8, 4) is 0 Å². The topological polar surface area (TPSA) is 88.3 Å². The Balaban J connectivity index is 2.21. The fourth-order valence-corrected chi connectivity index (χ4v) is 3.97. The lowest BCUT2D eigenvalue weighted by Crippen LogP contribution is -2.66. The molecule has 7 heteroatoms. The van der Waals surface area contributed by atoms with Gasteiger partial charge in [0.25, 0.3) is 0 Å². The van der Waals surface area contributed by atoms with Crippen molar-refractivity contribution in [3.05, 3.63) is 11.6 Å². The maximum atomic E-state index is 12.6. The third-order valence-electron chi connectivity index (χ3n) is 3.78. The Kier molecular flexibility index (Phi) is 4.08. The van der Waals surface area contributed by atoms with E-state index >= 15 is 0 Å². The van der Waals surface area contributed by atoms with E-state index in [0.717, 1.165) is 0 Å². The number of hydrogen-bond donors (Lipinski definition) is 2. The Morgan fingerprint density at radius 2 is 1.90 bits per heavy atom. The summed E-state index contributed by atoms with van der Waals surface area (Å²) in [6, 6.07) is 0.0288. The number of piperidine rings is 1. The van der Waals surface area contributed by atoms with E-state index < -0.39 is 22.9 Å². The van der Waals surface area contributed by atoms with Gasteiger partial charge < -0.3 is 10.6 Å². The SMILES string of the molecule is CC1(C)CC(N)CC(C)(C)N1C(=O)C(=O)Nc1nccs1. The highest BCUT2D eigenvalue weighted by Gasteiger charge is 2.48. The van der Waals surface area contributed by atoms with Crippen molar-refractivity contribution in [1.29, 1.82) is 0 Å². The van der Waals surface area contributed by atoms with Crippen LogP contribution in [0.15, 0.2) is 11.6 Å². The van der Waals surface area contributed by atoms with Crippen molar-refractivity contribution >= 4 is 28.3 Å². The highest BCUT2D eigenvalue weighted by molar-refractivity contribution is 7.13. The van der Waals surface area contributed by atoms with Crippen LogP contribution in [-0.4, -0.2) is 38.8 Å². The lowest BCUT2D eigenvalue weighted by molar-refractivity contribution is -0.156. The zero-order chi connectivity index (χ0) is 15.8. The fourth-order valence-electron chi connectivity index (χ4n) is 3.44. The summed E-state index contributed by atoms with van der Waals surface area (Å²) >= 11 is 1.28. The zero-order valence-corrected chi connectivity index (χ0v) is 13.7. The molecule has 1 aliphatic rings. The van der Waals surface area contributed by atoms with Gasteiger partial charge in [0.2, 0.25) is 0 Å². The van der Waals surface area contributed by atoms with E-state index in [1.54, 1.807) is 16.5 Å². The minimum Gasteiger partial charge on any atom is -0.328 e. The van der Waals surface area contributed by atoms with Crippen LogP contribution in [0.2, 0.25) is 0 Å². The van der Waals surface area contributed by atoms with E-state index in [-0.39, 0.29) is 6.04 Å². The Labute approximate surface area is 128 Å². The van der Waals surface area contributed by atoms with Gasteiger partial charge in [-0.25, -0.2) is 4.98 Å². The van der Waals surface area contributed by atoms with E-state index in [4.69, 9.17) is 5.73 Å². The van der Waals surface area contributed by atoms with Crippen LogP contribution < -0.4 is 11.1 Å². The summed E-state index contributed by atoms with van der Waals surface area (Å²) in [4.78, 5) is 30.4. The summed E-state index contributed by atoms with van der Waals surface area (Å²) in [5.41, 5.74) is 5.17. The van der Waals surface area contributed by atoms with Crippen LogP contribution in [0.25, 0.3) is 0 Å². The highest BCUT2D eigenvalue weighted by atomic mass is 32.1. The number of nitrogens with one attached hydrogen (secondary N) is 1. The average molecular weight is 310 g/mol. The highest BCUT2D eigenvalue weighted by Crippen LogP contribution is 2.37. The molecule has 1 aromatic rings. The van der Waals surface area contributed by atoms with E-state index in [9.17, 15) is 9.59 Å². The van der Waals surface area contributed by atoms with Crippen LogP contribution in [-0.2, 0) is 9.59 Å². The molecule has 0 unspecified atom stereocenters. The first kappa shape index (κ1) is 15.9. The monoisotopic (exact) mass is 310 g/mol.